The van der Waals surface area contributed by atoms with E-state index in [1.165, 1.54) is 0 Å². The Bertz CT molecular complexity index is 17.8. The third-order valence-corrected chi connectivity index (χ3v) is 0. The van der Waals surface area contributed by atoms with Crippen LogP contribution in [0.5, 0.6) is 0 Å². The molecule has 0 saturated carbocycles. The average Bonchev–Trinajstić information content (AvgIpc) is 0. The Hall–Kier alpha value is -0.0101. The van der Waals surface area contributed by atoms with Gasteiger partial charge in [0.15, 0.2) is 0 Å². The second kappa shape index (κ2) is 1450000. The minimum Gasteiger partial charge on any atom is -0.269 e. The number of rotatable bonds is 0. The fourth-order valence-corrected chi connectivity index (χ4v) is 0. The lowest BCUT2D eigenvalue weighted by molar-refractivity contribution is 1.11. The minimum atomic E-state index is 0. The summed E-state index contributed by atoms with van der Waals surface area (Å²) >= 11 is 0. The summed E-state index contributed by atoms with van der Waals surface area (Å²) in [7, 11) is 0. The molecule has 0 unspecified atom stereocenters. The highest BCUT2D eigenvalue weighted by Crippen LogP contribution is 0.421. The molecule has 0 aromatic heterocycles. The second-order valence-corrected chi connectivity index (χ2v) is 0. The van der Waals surface area contributed by atoms with Crippen LogP contribution in [-0.4, -0.2) is 16.8 Å². The molecule has 0 fully saturated rings. The lowest BCUT2D eigenvalue weighted by Gasteiger charge is -0.270. The standard InChI is InChI=1S/3CH4.2B.2FH.2H2/h3*1H4;;;4*1H/i;;;;;;;2*1+1. The maximum absolute atomic E-state index is 0. The SMILES string of the molecule is C.C.C.F.F.[2HH].[2HH].[B].[B]. The van der Waals surface area contributed by atoms with Gasteiger partial charge in [0.1, 0.15) is 0 Å². The van der Waals surface area contributed by atoms with Gasteiger partial charge in [-0.15, -0.1) is 0 Å². The van der Waals surface area contributed by atoms with Crippen LogP contribution in [0.3, 0.4) is 0 Å². The Kier molecular flexibility index (Phi) is 507000000000. The highest BCUT2D eigenvalue weighted by molar-refractivity contribution is 5.76. The molecule has 0 saturated heterocycles. The molecule has 6 radical (unpaired) electrons. The van der Waals surface area contributed by atoms with Crippen molar-refractivity contribution >= 4 is 16.8 Å². The van der Waals surface area contributed by atoms with E-state index in [-0.39, 0.29) is 51.4 Å². The Morgan fingerprint density at radius 1 is 0.571 bits per heavy atom. The van der Waals surface area contributed by atoms with E-state index >= 15 is 0 Å². The molecule has 7 heavy (non-hydrogen) atoms. The highest BCUT2D eigenvalue weighted by Gasteiger charge is 0.00109. The first kappa shape index (κ1) is 2440000. The summed E-state index contributed by atoms with van der Waals surface area (Å²) in [6.45, 7) is 0. The molecule has 50 valence electrons. The highest BCUT2D eigenvalue weighted by atomic mass is 19.0. The van der Waals surface area contributed by atoms with E-state index in [9.17, 15) is 0 Å². The van der Waals surface area contributed by atoms with E-state index in [4.69, 9.17) is 0 Å². The molecule has 0 amide bonds. The minimum absolute atomic E-state index is 0. The van der Waals surface area contributed by atoms with Crippen LogP contribution < -0.4 is 0 Å². The maximum Gasteiger partial charge on any atom is 0 e. The zero-order valence-electron chi connectivity index (χ0n) is 1.97. The van der Waals surface area contributed by atoms with Gasteiger partial charge in [-0.2, -0.15) is 0 Å². The Morgan fingerprint density at radius 2 is 0.571 bits per heavy atom. The Labute approximate surface area is 52.6 Å². The van der Waals surface area contributed by atoms with Gasteiger partial charge in [-0.3, -0.25) is 9.41 Å². The largest absolute Gasteiger partial charge is 0.269 e. The monoisotopic (exact) mass is 116 g/mol. The molecule has 0 aromatic rings. The molecule has 0 atom stereocenters. The van der Waals surface area contributed by atoms with Crippen LogP contribution >= 0.6 is 0 Å². The van der Waals surface area contributed by atoms with E-state index in [0.717, 1.165) is 0 Å². The fraction of sp³-hybridized carbons (Fsp3) is 1.00. The van der Waals surface area contributed by atoms with E-state index < -0.39 is 0 Å². The smallest absolute Gasteiger partial charge is 0 e. The van der Waals surface area contributed by atoms with Gasteiger partial charge >= 0.3 is 0 Å². The Morgan fingerprint density at radius 3 is 0.571 bits per heavy atom. The summed E-state index contributed by atoms with van der Waals surface area (Å²) < 4.78 is 0. The summed E-state index contributed by atoms with van der Waals surface area (Å²) in [6, 6.07) is 0. The molecule has 0 nitrogen and oxygen atoms in total. The van der Waals surface area contributed by atoms with Crippen LogP contribution in [0.15, 0.2) is 0 Å². The van der Waals surface area contributed by atoms with Crippen molar-refractivity contribution in [1.29, 1.82) is 0 Å². The summed E-state index contributed by atoms with van der Waals surface area (Å²) in [4.78, 5) is 0. The van der Waals surface area contributed by atoms with E-state index in [1.807, 2.05) is 0 Å². The fourth-order valence-electron chi connectivity index (χ4n) is 0. The molecule has 0 heterocycles. The van der Waals surface area contributed by atoms with Crippen molar-refractivity contribution in [2.45, 2.75) is 22.3 Å². The van der Waals surface area contributed by atoms with Gasteiger partial charge in [-0.05, 0) is 0 Å². The predicted octanol–water partition coefficient (Wildman–Crippen LogP) is 1.94. The molecule has 0 spiro atoms. The molecule has 0 aliphatic heterocycles. The number of hydrogen-bond donors (Lipinski definition) is 0. The predicted molar refractivity (Wildman–Crippen MR) is 40.9 cm³/mol. The van der Waals surface area contributed by atoms with Crippen molar-refractivity contribution < 1.29 is 12.3 Å². The summed E-state index contributed by atoms with van der Waals surface area (Å²) in [5.41, 5.74) is 0. The van der Waals surface area contributed by atoms with Gasteiger partial charge in [0.2, 0.25) is 0 Å². The van der Waals surface area contributed by atoms with Gasteiger partial charge in [-0.25, -0.2) is 0 Å². The first-order valence-corrected chi connectivity index (χ1v) is 0. The van der Waals surface area contributed by atoms with E-state index in [1.54, 1.807) is 0 Å². The van der Waals surface area contributed by atoms with Crippen LogP contribution in [0.4, 0.5) is 9.41 Å². The van der Waals surface area contributed by atoms with Crippen molar-refractivity contribution in [3.05, 3.63) is 0 Å². The van der Waals surface area contributed by atoms with Gasteiger partial charge in [0.05, 0.1) is 0 Å². The van der Waals surface area contributed by atoms with Crippen molar-refractivity contribution in [3.8, 4) is 0 Å². The Balaban J connectivity index is 0. The van der Waals surface area contributed by atoms with Crippen molar-refractivity contribution in [2.75, 3.05) is 0 Å². The second-order valence-electron chi connectivity index (χ2n) is 0. The van der Waals surface area contributed by atoms with Crippen molar-refractivity contribution in [2.24, 2.45) is 0 Å². The average molecular weight is 116 g/mol. The van der Waals surface area contributed by atoms with Crippen molar-refractivity contribution in [3.63, 3.8) is 0 Å². The molecule has 0 bridgehead atoms. The number of halogens is 2. The molecular formula is C3H18B2F2. The van der Waals surface area contributed by atoms with Crippen LogP contribution in [0, 0.1) is 0 Å². The zero-order chi connectivity index (χ0) is 0. The molecule has 4 heteroatoms. The summed E-state index contributed by atoms with van der Waals surface area (Å²) in [5.74, 6) is 0. The first-order valence-electron chi connectivity index (χ1n) is 0. The molecule has 0 rings (SSSR count). The topological polar surface area (TPSA) is 0 Å². The normalized spacial score (nSPS) is 0. The van der Waals surface area contributed by atoms with Gasteiger partial charge in [0.25, 0.3) is 0 Å². The lowest BCUT2D eigenvalue weighted by Crippen LogP contribution is -0.382. The lowest BCUT2D eigenvalue weighted by atomic mass is 10.8. The summed E-state index contributed by atoms with van der Waals surface area (Å²) in [6.07, 6.45) is 0. The van der Waals surface area contributed by atoms with Crippen molar-refractivity contribution in [1.82, 2.24) is 0 Å². The molecular weight excluding hydrogens is 95.7 g/mol. The van der Waals surface area contributed by atoms with Crippen LogP contribution in [0.2, 0.25) is 0 Å². The number of hydrogen-bond acceptors (Lipinski definition) is 0. The van der Waals surface area contributed by atoms with Gasteiger partial charge in [0, 0.05) is 19.7 Å². The van der Waals surface area contributed by atoms with Gasteiger partial charge < -0.3 is 0 Å². The van der Waals surface area contributed by atoms with E-state index in [2.05, 4.69) is 0 Å². The van der Waals surface area contributed by atoms with Crippen LogP contribution in [0.1, 0.15) is 25.1 Å². The third kappa shape index (κ3) is 929000. The summed E-state index contributed by atoms with van der Waals surface area (Å²) in [5, 5.41) is 0. The first-order chi connectivity index (χ1) is 0. The quantitative estimate of drug-likeness (QED) is 0.424. The molecule has 0 aliphatic carbocycles. The van der Waals surface area contributed by atoms with Crippen LogP contribution in [0.25, 0.3) is 0 Å². The molecule has 0 aliphatic rings. The van der Waals surface area contributed by atoms with E-state index in [0.29, 0.717) is 0 Å². The molecule has 0 N–H and O–H groups in total. The maximum atomic E-state index is 0. The third-order valence-electron chi connectivity index (χ3n) is 0. The van der Waals surface area contributed by atoms with Crippen LogP contribution in [-0.2, 0) is 0 Å². The zero-order valence-corrected chi connectivity index (χ0v) is 1.97. The van der Waals surface area contributed by atoms with Gasteiger partial charge in [-0.1, -0.05) is 22.3 Å². The molecule has 0 aromatic carbocycles.